The molecule has 0 atom stereocenters. The molecule has 5 nitrogen and oxygen atoms in total. The van der Waals surface area contributed by atoms with Crippen molar-refractivity contribution in [1.29, 1.82) is 0 Å². The molecule has 0 saturated carbocycles. The first kappa shape index (κ1) is 18.4. The smallest absolute Gasteiger partial charge is 0.338 e. The lowest BCUT2D eigenvalue weighted by atomic mass is 10.2. The van der Waals surface area contributed by atoms with Crippen molar-refractivity contribution in [3.8, 4) is 5.69 Å². The van der Waals surface area contributed by atoms with E-state index in [0.29, 0.717) is 11.3 Å². The first-order valence-electron chi connectivity index (χ1n) is 8.42. The van der Waals surface area contributed by atoms with Gasteiger partial charge in [-0.25, -0.2) is 9.18 Å². The van der Waals surface area contributed by atoms with Gasteiger partial charge in [0.25, 0.3) is 5.91 Å². The molecule has 0 radical (unpaired) electrons. The van der Waals surface area contributed by atoms with Crippen LogP contribution in [0.15, 0.2) is 60.7 Å². The van der Waals surface area contributed by atoms with Gasteiger partial charge in [-0.3, -0.25) is 4.79 Å². The summed E-state index contributed by atoms with van der Waals surface area (Å²) in [5.74, 6) is -1.48. The quantitative estimate of drug-likeness (QED) is 0.694. The highest BCUT2D eigenvalue weighted by Crippen LogP contribution is 2.18. The lowest BCUT2D eigenvalue weighted by molar-refractivity contribution is -0.119. The van der Waals surface area contributed by atoms with Crippen LogP contribution in [0.4, 0.5) is 10.1 Å². The number of amides is 1. The molecule has 138 valence electrons. The minimum atomic E-state index is -0.589. The minimum absolute atomic E-state index is 0.356. The van der Waals surface area contributed by atoms with Crippen LogP contribution in [0.5, 0.6) is 0 Å². The summed E-state index contributed by atoms with van der Waals surface area (Å²) in [5.41, 5.74) is 3.74. The number of aromatic nitrogens is 1. The minimum Gasteiger partial charge on any atom is -0.452 e. The lowest BCUT2D eigenvalue weighted by Crippen LogP contribution is -2.21. The number of aryl methyl sites for hydroxylation is 2. The van der Waals surface area contributed by atoms with Crippen molar-refractivity contribution >= 4 is 17.6 Å². The van der Waals surface area contributed by atoms with Crippen molar-refractivity contribution in [3.63, 3.8) is 0 Å². The van der Waals surface area contributed by atoms with Gasteiger partial charge in [0, 0.05) is 22.8 Å². The monoisotopic (exact) mass is 366 g/mol. The average molecular weight is 366 g/mol. The summed E-state index contributed by atoms with van der Waals surface area (Å²) in [6.45, 7) is 3.54. The number of esters is 1. The van der Waals surface area contributed by atoms with Crippen LogP contribution in [0.25, 0.3) is 5.69 Å². The molecule has 0 aliphatic heterocycles. The third-order valence-corrected chi connectivity index (χ3v) is 4.07. The Hall–Kier alpha value is -3.41. The van der Waals surface area contributed by atoms with E-state index < -0.39 is 24.3 Å². The average Bonchev–Trinajstić information content (AvgIpc) is 3.00. The van der Waals surface area contributed by atoms with E-state index in [9.17, 15) is 14.0 Å². The van der Waals surface area contributed by atoms with Crippen LogP contribution < -0.4 is 5.32 Å². The van der Waals surface area contributed by atoms with E-state index >= 15 is 0 Å². The molecule has 1 aromatic heterocycles. The van der Waals surface area contributed by atoms with Gasteiger partial charge in [0.05, 0.1) is 5.56 Å². The van der Waals surface area contributed by atoms with Gasteiger partial charge in [-0.15, -0.1) is 0 Å². The molecule has 0 spiro atoms. The summed E-state index contributed by atoms with van der Waals surface area (Å²) in [6, 6.07) is 16.4. The number of nitrogens with one attached hydrogen (secondary N) is 1. The third kappa shape index (κ3) is 4.41. The van der Waals surface area contributed by atoms with E-state index in [1.54, 1.807) is 18.2 Å². The number of nitrogens with zero attached hydrogens (tertiary/aromatic N) is 1. The van der Waals surface area contributed by atoms with Gasteiger partial charge in [-0.05, 0) is 68.4 Å². The fraction of sp³-hybridized carbons (Fsp3) is 0.143. The van der Waals surface area contributed by atoms with E-state index in [1.165, 1.54) is 24.3 Å². The van der Waals surface area contributed by atoms with E-state index in [1.807, 2.05) is 36.6 Å². The molecule has 2 aromatic carbocycles. The molecule has 0 fully saturated rings. The van der Waals surface area contributed by atoms with Crippen molar-refractivity contribution in [1.82, 2.24) is 4.57 Å². The predicted octanol–water partition coefficient (Wildman–Crippen LogP) is 4.03. The predicted molar refractivity (Wildman–Crippen MR) is 101 cm³/mol. The molecule has 0 saturated heterocycles. The molecule has 0 aliphatic carbocycles. The molecule has 0 aliphatic rings. The number of anilines is 1. The summed E-state index contributed by atoms with van der Waals surface area (Å²) in [6.07, 6.45) is 0. The zero-order chi connectivity index (χ0) is 19.4. The van der Waals surface area contributed by atoms with Gasteiger partial charge < -0.3 is 14.6 Å². The SMILES string of the molecule is Cc1ccc(C)n1-c1cccc(C(=O)OCC(=O)Nc2ccc(F)cc2)c1. The molecule has 6 heteroatoms. The number of benzene rings is 2. The highest BCUT2D eigenvalue weighted by molar-refractivity contribution is 5.95. The zero-order valence-corrected chi connectivity index (χ0v) is 15.0. The molecule has 1 amide bonds. The highest BCUT2D eigenvalue weighted by Gasteiger charge is 2.12. The van der Waals surface area contributed by atoms with Crippen LogP contribution in [-0.2, 0) is 9.53 Å². The maximum Gasteiger partial charge on any atom is 0.338 e. The molecule has 1 N–H and O–H groups in total. The Balaban J connectivity index is 1.64. The number of ether oxygens (including phenoxy) is 1. The van der Waals surface area contributed by atoms with Gasteiger partial charge >= 0.3 is 5.97 Å². The van der Waals surface area contributed by atoms with Crippen molar-refractivity contribution in [2.45, 2.75) is 13.8 Å². The maximum absolute atomic E-state index is 12.9. The third-order valence-electron chi connectivity index (χ3n) is 4.07. The maximum atomic E-state index is 12.9. The topological polar surface area (TPSA) is 60.3 Å². The van der Waals surface area contributed by atoms with Crippen molar-refractivity contribution in [3.05, 3.63) is 83.4 Å². The first-order valence-corrected chi connectivity index (χ1v) is 8.42. The van der Waals surface area contributed by atoms with E-state index in [2.05, 4.69) is 5.32 Å². The second kappa shape index (κ2) is 7.86. The zero-order valence-electron chi connectivity index (χ0n) is 15.0. The summed E-state index contributed by atoms with van der Waals surface area (Å²) >= 11 is 0. The van der Waals surface area contributed by atoms with Gasteiger partial charge in [0.15, 0.2) is 6.61 Å². The van der Waals surface area contributed by atoms with E-state index in [0.717, 1.165) is 17.1 Å². The Kier molecular flexibility index (Phi) is 5.35. The molecule has 1 heterocycles. The van der Waals surface area contributed by atoms with Gasteiger partial charge in [-0.1, -0.05) is 6.07 Å². The highest BCUT2D eigenvalue weighted by atomic mass is 19.1. The van der Waals surface area contributed by atoms with Crippen LogP contribution in [-0.4, -0.2) is 23.1 Å². The number of hydrogen-bond acceptors (Lipinski definition) is 3. The van der Waals surface area contributed by atoms with Crippen molar-refractivity contribution in [2.75, 3.05) is 11.9 Å². The van der Waals surface area contributed by atoms with Crippen LogP contribution >= 0.6 is 0 Å². The van der Waals surface area contributed by atoms with Crippen LogP contribution in [0.3, 0.4) is 0 Å². The van der Waals surface area contributed by atoms with Crippen LogP contribution in [0, 0.1) is 19.7 Å². The Morgan fingerprint density at radius 1 is 1.00 bits per heavy atom. The Bertz CT molecular complexity index is 958. The Morgan fingerprint density at radius 3 is 2.33 bits per heavy atom. The molecule has 0 bridgehead atoms. The summed E-state index contributed by atoms with van der Waals surface area (Å²) < 4.78 is 20.0. The number of carbonyl (C=O) groups is 2. The fourth-order valence-corrected chi connectivity index (χ4v) is 2.79. The van der Waals surface area contributed by atoms with Crippen LogP contribution in [0.2, 0.25) is 0 Å². The normalized spacial score (nSPS) is 10.5. The van der Waals surface area contributed by atoms with E-state index in [-0.39, 0.29) is 0 Å². The van der Waals surface area contributed by atoms with E-state index in [4.69, 9.17) is 4.74 Å². The molecule has 3 aromatic rings. The van der Waals surface area contributed by atoms with Gasteiger partial charge in [-0.2, -0.15) is 0 Å². The summed E-state index contributed by atoms with van der Waals surface area (Å²) in [5, 5.41) is 2.54. The summed E-state index contributed by atoms with van der Waals surface area (Å²) in [4.78, 5) is 24.2. The second-order valence-corrected chi connectivity index (χ2v) is 6.13. The molecule has 27 heavy (non-hydrogen) atoms. The van der Waals surface area contributed by atoms with Gasteiger partial charge in [0.1, 0.15) is 5.82 Å². The number of halogens is 1. The van der Waals surface area contributed by atoms with Crippen molar-refractivity contribution < 1.29 is 18.7 Å². The Morgan fingerprint density at radius 2 is 1.67 bits per heavy atom. The molecule has 3 rings (SSSR count). The number of rotatable bonds is 5. The van der Waals surface area contributed by atoms with Crippen molar-refractivity contribution in [2.24, 2.45) is 0 Å². The summed E-state index contributed by atoms with van der Waals surface area (Å²) in [7, 11) is 0. The molecule has 0 unspecified atom stereocenters. The standard InChI is InChI=1S/C21H19FN2O3/c1-14-6-7-15(2)24(14)19-5-3-4-16(12-19)21(26)27-13-20(25)23-18-10-8-17(22)9-11-18/h3-12H,13H2,1-2H3,(H,23,25). The Labute approximate surface area is 156 Å². The van der Waals surface area contributed by atoms with Gasteiger partial charge in [0.2, 0.25) is 0 Å². The largest absolute Gasteiger partial charge is 0.452 e. The second-order valence-electron chi connectivity index (χ2n) is 6.13. The fourth-order valence-electron chi connectivity index (χ4n) is 2.79. The lowest BCUT2D eigenvalue weighted by Gasteiger charge is -2.11. The number of hydrogen-bond donors (Lipinski definition) is 1. The number of carbonyl (C=O) groups excluding carboxylic acids is 2. The molecular weight excluding hydrogens is 347 g/mol. The van der Waals surface area contributed by atoms with Crippen LogP contribution in [0.1, 0.15) is 21.7 Å². The molecular formula is C21H19FN2O3. The first-order chi connectivity index (χ1) is 12.9.